The first-order valence-corrected chi connectivity index (χ1v) is 7.69. The summed E-state index contributed by atoms with van der Waals surface area (Å²) in [5.74, 6) is -1.18. The Hall–Kier alpha value is -2.40. The van der Waals surface area contributed by atoms with Crippen LogP contribution in [0, 0.1) is 6.92 Å². The molecule has 21 heavy (non-hydrogen) atoms. The lowest BCUT2D eigenvalue weighted by Crippen LogP contribution is -2.29. The van der Waals surface area contributed by atoms with E-state index < -0.39 is 32.1 Å². The predicted octanol–water partition coefficient (Wildman–Crippen LogP) is -0.0679. The number of aromatic nitrogens is 2. The van der Waals surface area contributed by atoms with Crippen LogP contribution in [0.5, 0.6) is 0 Å². The summed E-state index contributed by atoms with van der Waals surface area (Å²) in [5.41, 5.74) is -1.52. The fourth-order valence-electron chi connectivity index (χ4n) is 1.53. The summed E-state index contributed by atoms with van der Waals surface area (Å²) >= 11 is 0.724. The number of hydrogen-bond acceptors (Lipinski definition) is 6. The third-order valence-electron chi connectivity index (χ3n) is 2.42. The molecule has 2 rings (SSSR count). The fourth-order valence-corrected chi connectivity index (χ4v) is 3.73. The lowest BCUT2D eigenvalue weighted by atomic mass is 10.3. The second-order valence-corrected chi connectivity index (χ2v) is 6.67. The van der Waals surface area contributed by atoms with E-state index in [1.54, 1.807) is 4.98 Å². The van der Waals surface area contributed by atoms with Gasteiger partial charge >= 0.3 is 11.7 Å². The Morgan fingerprint density at radius 3 is 2.57 bits per heavy atom. The smallest absolute Gasteiger partial charge is 0.346 e. The number of sulfonamides is 1. The van der Waals surface area contributed by atoms with Crippen molar-refractivity contribution >= 4 is 32.3 Å². The van der Waals surface area contributed by atoms with Crippen LogP contribution in [0.3, 0.4) is 0 Å². The highest BCUT2D eigenvalue weighted by atomic mass is 32.2. The van der Waals surface area contributed by atoms with Gasteiger partial charge in [-0.15, -0.1) is 11.3 Å². The summed E-state index contributed by atoms with van der Waals surface area (Å²) in [4.78, 5) is 36.4. The summed E-state index contributed by atoms with van der Waals surface area (Å²) in [6.07, 6.45) is 0.766. The van der Waals surface area contributed by atoms with Gasteiger partial charge in [-0.1, -0.05) is 0 Å². The Labute approximate surface area is 121 Å². The van der Waals surface area contributed by atoms with Crippen LogP contribution < -0.4 is 16.0 Å². The minimum absolute atomic E-state index is 0.0110. The van der Waals surface area contributed by atoms with E-state index in [2.05, 4.69) is 4.72 Å². The average Bonchev–Trinajstić information content (AvgIpc) is 2.68. The Balaban J connectivity index is 2.42. The molecule has 9 nitrogen and oxygen atoms in total. The molecule has 11 heteroatoms. The maximum absolute atomic E-state index is 12.0. The van der Waals surface area contributed by atoms with Gasteiger partial charge in [0.15, 0.2) is 4.90 Å². The van der Waals surface area contributed by atoms with Crippen molar-refractivity contribution in [3.63, 3.8) is 0 Å². The number of carboxylic acid groups (broad SMARTS) is 1. The molecule has 0 aromatic carbocycles. The summed E-state index contributed by atoms with van der Waals surface area (Å²) in [7, 11) is -4.24. The van der Waals surface area contributed by atoms with E-state index in [9.17, 15) is 22.8 Å². The van der Waals surface area contributed by atoms with Crippen LogP contribution in [0.15, 0.2) is 26.7 Å². The Morgan fingerprint density at radius 1 is 1.38 bits per heavy atom. The maximum atomic E-state index is 12.0. The third-order valence-corrected chi connectivity index (χ3v) is 5.06. The number of nitrogens with one attached hydrogen (secondary N) is 3. The number of aromatic amines is 2. The maximum Gasteiger partial charge on any atom is 0.346 e. The van der Waals surface area contributed by atoms with Gasteiger partial charge in [-0.3, -0.25) is 14.5 Å². The lowest BCUT2D eigenvalue weighted by molar-refractivity contribution is 0.0701. The monoisotopic (exact) mass is 331 g/mol. The molecular formula is C10H9N3O6S2. The number of aromatic carboxylic acids is 1. The molecule has 0 bridgehead atoms. The lowest BCUT2D eigenvalue weighted by Gasteiger charge is -2.03. The van der Waals surface area contributed by atoms with Gasteiger partial charge in [0.1, 0.15) is 9.88 Å². The molecule has 2 aromatic rings. The van der Waals surface area contributed by atoms with Crippen LogP contribution in [0.2, 0.25) is 0 Å². The zero-order chi connectivity index (χ0) is 15.8. The minimum atomic E-state index is -4.24. The van der Waals surface area contributed by atoms with E-state index in [0.717, 1.165) is 17.5 Å². The van der Waals surface area contributed by atoms with Crippen molar-refractivity contribution in [1.29, 1.82) is 0 Å². The highest BCUT2D eigenvalue weighted by Crippen LogP contribution is 2.28. The number of hydrogen-bond donors (Lipinski definition) is 4. The quantitative estimate of drug-likeness (QED) is 0.616. The highest BCUT2D eigenvalue weighted by molar-refractivity contribution is 7.93. The van der Waals surface area contributed by atoms with Crippen LogP contribution in [0.1, 0.15) is 15.2 Å². The molecule has 0 saturated carbocycles. The van der Waals surface area contributed by atoms with Crippen molar-refractivity contribution in [2.24, 2.45) is 0 Å². The van der Waals surface area contributed by atoms with Crippen molar-refractivity contribution < 1.29 is 18.3 Å². The number of anilines is 1. The van der Waals surface area contributed by atoms with Crippen molar-refractivity contribution in [3.05, 3.63) is 43.5 Å². The minimum Gasteiger partial charge on any atom is -0.477 e. The summed E-state index contributed by atoms with van der Waals surface area (Å²) < 4.78 is 26.2. The average molecular weight is 331 g/mol. The van der Waals surface area contributed by atoms with Crippen LogP contribution >= 0.6 is 11.3 Å². The molecule has 0 aliphatic carbocycles. The zero-order valence-corrected chi connectivity index (χ0v) is 12.1. The summed E-state index contributed by atoms with van der Waals surface area (Å²) in [5, 5.41) is 8.96. The molecule has 0 spiro atoms. The fraction of sp³-hybridized carbons (Fsp3) is 0.100. The van der Waals surface area contributed by atoms with E-state index in [-0.39, 0.29) is 9.88 Å². The van der Waals surface area contributed by atoms with Gasteiger partial charge in [0, 0.05) is 6.20 Å². The Morgan fingerprint density at radius 2 is 2.05 bits per heavy atom. The first-order chi connectivity index (χ1) is 9.70. The molecule has 2 heterocycles. The molecule has 0 atom stereocenters. The van der Waals surface area contributed by atoms with Crippen LogP contribution in [0.25, 0.3) is 0 Å². The zero-order valence-electron chi connectivity index (χ0n) is 10.5. The molecule has 112 valence electrons. The molecule has 0 aliphatic rings. The van der Waals surface area contributed by atoms with Gasteiger partial charge < -0.3 is 10.1 Å². The summed E-state index contributed by atoms with van der Waals surface area (Å²) in [6, 6.07) is 1.34. The van der Waals surface area contributed by atoms with Crippen molar-refractivity contribution in [2.75, 3.05) is 4.72 Å². The first-order valence-electron chi connectivity index (χ1n) is 5.39. The predicted molar refractivity (Wildman–Crippen MR) is 74.5 cm³/mol. The molecule has 2 aromatic heterocycles. The SMILES string of the molecule is Cc1cc(NS(=O)(=O)c2c[nH]c(=O)[nH]c2=O)sc1C(=O)O. The van der Waals surface area contributed by atoms with Gasteiger partial charge in [0.2, 0.25) is 0 Å². The van der Waals surface area contributed by atoms with Crippen LogP contribution in [-0.2, 0) is 10.0 Å². The van der Waals surface area contributed by atoms with E-state index in [1.165, 1.54) is 13.0 Å². The second-order valence-electron chi connectivity index (χ2n) is 3.97. The molecule has 0 fully saturated rings. The normalized spacial score (nSPS) is 11.3. The molecule has 0 aliphatic heterocycles. The molecular weight excluding hydrogens is 322 g/mol. The van der Waals surface area contributed by atoms with Crippen molar-refractivity contribution in [3.8, 4) is 0 Å². The van der Waals surface area contributed by atoms with Gasteiger partial charge in [-0.05, 0) is 18.6 Å². The van der Waals surface area contributed by atoms with Gasteiger partial charge in [-0.25, -0.2) is 18.0 Å². The van der Waals surface area contributed by atoms with Crippen molar-refractivity contribution in [1.82, 2.24) is 9.97 Å². The number of rotatable bonds is 4. The molecule has 4 N–H and O–H groups in total. The summed E-state index contributed by atoms with van der Waals surface area (Å²) in [6.45, 7) is 1.52. The standard InChI is InChI=1S/C10H9N3O6S2/c1-4-2-6(20-7(4)9(15)16)13-21(18,19)5-3-11-10(17)12-8(5)14/h2-3,13H,1H3,(H,15,16)(H2,11,12,14,17). The topological polar surface area (TPSA) is 149 Å². The molecule has 0 radical (unpaired) electrons. The number of H-pyrrole nitrogens is 2. The molecule has 0 saturated heterocycles. The Bertz CT molecular complexity index is 921. The van der Waals surface area contributed by atoms with Gasteiger partial charge in [0.05, 0.1) is 0 Å². The third kappa shape index (κ3) is 3.03. The molecule has 0 amide bonds. The van der Waals surface area contributed by atoms with E-state index in [4.69, 9.17) is 5.11 Å². The number of thiophene rings is 1. The first kappa shape index (κ1) is 15.0. The van der Waals surface area contributed by atoms with Crippen molar-refractivity contribution in [2.45, 2.75) is 11.8 Å². The second kappa shape index (κ2) is 5.18. The number of carbonyl (C=O) groups is 1. The van der Waals surface area contributed by atoms with E-state index >= 15 is 0 Å². The van der Waals surface area contributed by atoms with Gasteiger partial charge in [-0.2, -0.15) is 0 Å². The van der Waals surface area contributed by atoms with E-state index in [0.29, 0.717) is 5.56 Å². The Kier molecular flexibility index (Phi) is 3.70. The van der Waals surface area contributed by atoms with Gasteiger partial charge in [0.25, 0.3) is 15.6 Å². The number of aryl methyl sites for hydroxylation is 1. The van der Waals surface area contributed by atoms with E-state index in [1.807, 2.05) is 4.98 Å². The molecule has 0 unspecified atom stereocenters. The number of carboxylic acids is 1. The highest BCUT2D eigenvalue weighted by Gasteiger charge is 2.21. The largest absolute Gasteiger partial charge is 0.477 e. The van der Waals surface area contributed by atoms with Crippen LogP contribution in [0.4, 0.5) is 5.00 Å². The van der Waals surface area contributed by atoms with Crippen LogP contribution in [-0.4, -0.2) is 29.5 Å².